The minimum atomic E-state index is -0.850. The lowest BCUT2D eigenvalue weighted by Crippen LogP contribution is -2.30. The number of tetrazole rings is 1. The molecule has 1 aromatic rings. The van der Waals surface area contributed by atoms with Gasteiger partial charge in [0.15, 0.2) is 5.82 Å². The zero-order chi connectivity index (χ0) is 13.9. The highest BCUT2D eigenvalue weighted by atomic mass is 16.4. The summed E-state index contributed by atoms with van der Waals surface area (Å²) < 4.78 is 1.64. The Balaban J connectivity index is 1.95. The number of aryl methyl sites for hydroxylation is 1. The number of nitrogens with zero attached hydrogens (tertiary/aromatic N) is 4. The van der Waals surface area contributed by atoms with Crippen LogP contribution in [0.4, 0.5) is 0 Å². The van der Waals surface area contributed by atoms with Gasteiger partial charge in [-0.05, 0) is 36.6 Å². The molecule has 6 heteroatoms. The van der Waals surface area contributed by atoms with E-state index < -0.39 is 11.4 Å². The third-order valence-electron chi connectivity index (χ3n) is 3.98. The molecule has 1 fully saturated rings. The van der Waals surface area contributed by atoms with E-state index in [1.54, 1.807) is 18.5 Å². The number of carboxylic acid groups (broad SMARTS) is 1. The lowest BCUT2D eigenvalue weighted by molar-refractivity contribution is -0.147. The first kappa shape index (κ1) is 14.0. The predicted molar refractivity (Wildman–Crippen MR) is 69.5 cm³/mol. The van der Waals surface area contributed by atoms with Crippen LogP contribution in [0.3, 0.4) is 0 Å². The molecule has 0 aromatic carbocycles. The number of aromatic nitrogens is 4. The summed E-state index contributed by atoms with van der Waals surface area (Å²) in [6.07, 6.45) is 7.23. The monoisotopic (exact) mass is 266 g/mol. The van der Waals surface area contributed by atoms with E-state index in [0.29, 0.717) is 6.54 Å². The van der Waals surface area contributed by atoms with Gasteiger partial charge in [0.05, 0.1) is 12.0 Å². The van der Waals surface area contributed by atoms with Crippen LogP contribution in [-0.2, 0) is 17.8 Å². The maximum atomic E-state index is 11.1. The van der Waals surface area contributed by atoms with Crippen molar-refractivity contribution in [2.75, 3.05) is 0 Å². The molecule has 0 amide bonds. The summed E-state index contributed by atoms with van der Waals surface area (Å²) in [7, 11) is 0. The van der Waals surface area contributed by atoms with Gasteiger partial charge in [0.1, 0.15) is 0 Å². The second kappa shape index (κ2) is 5.67. The van der Waals surface area contributed by atoms with E-state index in [0.717, 1.165) is 24.6 Å². The molecule has 0 atom stereocenters. The first-order valence-electron chi connectivity index (χ1n) is 6.97. The molecule has 19 heavy (non-hydrogen) atoms. The normalized spacial score (nSPS) is 16.9. The van der Waals surface area contributed by atoms with Crippen LogP contribution < -0.4 is 0 Å². The number of hydrogen-bond acceptors (Lipinski definition) is 4. The highest BCUT2D eigenvalue weighted by Crippen LogP contribution is 2.28. The minimum Gasteiger partial charge on any atom is -0.481 e. The van der Waals surface area contributed by atoms with Gasteiger partial charge in [-0.2, -0.15) is 0 Å². The average molecular weight is 266 g/mol. The van der Waals surface area contributed by atoms with Gasteiger partial charge in [-0.15, -0.1) is 5.10 Å². The summed E-state index contributed by atoms with van der Waals surface area (Å²) in [5, 5.41) is 20.8. The molecule has 0 bridgehead atoms. The Morgan fingerprint density at radius 1 is 1.42 bits per heavy atom. The van der Waals surface area contributed by atoms with Crippen molar-refractivity contribution in [3.8, 4) is 0 Å². The van der Waals surface area contributed by atoms with Crippen molar-refractivity contribution in [1.82, 2.24) is 20.2 Å². The first-order valence-corrected chi connectivity index (χ1v) is 6.97. The van der Waals surface area contributed by atoms with Gasteiger partial charge in [-0.3, -0.25) is 4.79 Å². The zero-order valence-electron chi connectivity index (χ0n) is 11.7. The Kier molecular flexibility index (Phi) is 4.17. The fraction of sp³-hybridized carbons (Fsp3) is 0.846. The van der Waals surface area contributed by atoms with Crippen molar-refractivity contribution in [1.29, 1.82) is 0 Å². The van der Waals surface area contributed by atoms with E-state index in [4.69, 9.17) is 5.11 Å². The SMILES string of the molecule is CC(C)(Cn1nnnc1CCC1CCCC1)C(=O)O. The first-order chi connectivity index (χ1) is 8.99. The Morgan fingerprint density at radius 3 is 2.74 bits per heavy atom. The van der Waals surface area contributed by atoms with Crippen LogP contribution in [0, 0.1) is 11.3 Å². The van der Waals surface area contributed by atoms with Crippen molar-refractivity contribution in [3.63, 3.8) is 0 Å². The fourth-order valence-corrected chi connectivity index (χ4v) is 2.60. The second-order valence-electron chi connectivity index (χ2n) is 6.13. The van der Waals surface area contributed by atoms with Crippen LogP contribution in [0.1, 0.15) is 51.8 Å². The Hall–Kier alpha value is -1.46. The predicted octanol–water partition coefficient (Wildman–Crippen LogP) is 1.91. The zero-order valence-corrected chi connectivity index (χ0v) is 11.7. The summed E-state index contributed by atoms with van der Waals surface area (Å²) in [4.78, 5) is 11.1. The summed E-state index contributed by atoms with van der Waals surface area (Å²) in [5.41, 5.74) is -0.850. The van der Waals surface area contributed by atoms with Crippen molar-refractivity contribution in [2.45, 2.75) is 58.9 Å². The Bertz CT molecular complexity index is 436. The molecule has 0 radical (unpaired) electrons. The van der Waals surface area contributed by atoms with Crippen molar-refractivity contribution < 1.29 is 9.90 Å². The van der Waals surface area contributed by atoms with Gasteiger partial charge in [0.25, 0.3) is 0 Å². The third kappa shape index (κ3) is 3.52. The largest absolute Gasteiger partial charge is 0.481 e. The van der Waals surface area contributed by atoms with Crippen molar-refractivity contribution >= 4 is 5.97 Å². The van der Waals surface area contributed by atoms with E-state index in [2.05, 4.69) is 15.5 Å². The maximum absolute atomic E-state index is 11.1. The molecule has 1 aromatic heterocycles. The Labute approximate surface area is 113 Å². The van der Waals surface area contributed by atoms with Crippen LogP contribution in [0.5, 0.6) is 0 Å². The molecule has 106 valence electrons. The molecular weight excluding hydrogens is 244 g/mol. The molecule has 0 saturated heterocycles. The fourth-order valence-electron chi connectivity index (χ4n) is 2.60. The molecule has 1 heterocycles. The van der Waals surface area contributed by atoms with Crippen LogP contribution in [0.25, 0.3) is 0 Å². The number of rotatable bonds is 6. The summed E-state index contributed by atoms with van der Waals surface area (Å²) in [6, 6.07) is 0. The molecular formula is C13H22N4O2. The minimum absolute atomic E-state index is 0.315. The molecule has 1 aliphatic rings. The smallest absolute Gasteiger partial charge is 0.310 e. The van der Waals surface area contributed by atoms with Crippen molar-refractivity contribution in [2.24, 2.45) is 11.3 Å². The highest BCUT2D eigenvalue weighted by molar-refractivity contribution is 5.73. The summed E-state index contributed by atoms with van der Waals surface area (Å²) in [6.45, 7) is 3.70. The summed E-state index contributed by atoms with van der Waals surface area (Å²) >= 11 is 0. The average Bonchev–Trinajstić information content (AvgIpc) is 2.96. The molecule has 1 aliphatic carbocycles. The molecule has 0 aliphatic heterocycles. The number of hydrogen-bond donors (Lipinski definition) is 1. The van der Waals surface area contributed by atoms with Gasteiger partial charge in [-0.1, -0.05) is 25.7 Å². The molecule has 2 rings (SSSR count). The number of carboxylic acids is 1. The summed E-state index contributed by atoms with van der Waals surface area (Å²) in [5.74, 6) is 0.767. The molecule has 1 N–H and O–H groups in total. The third-order valence-corrected chi connectivity index (χ3v) is 3.98. The molecule has 6 nitrogen and oxygen atoms in total. The van der Waals surface area contributed by atoms with E-state index in [1.807, 2.05) is 0 Å². The molecule has 1 saturated carbocycles. The van der Waals surface area contributed by atoms with Gasteiger partial charge < -0.3 is 5.11 Å². The van der Waals surface area contributed by atoms with E-state index >= 15 is 0 Å². The van der Waals surface area contributed by atoms with Gasteiger partial charge in [-0.25, -0.2) is 4.68 Å². The van der Waals surface area contributed by atoms with E-state index in [1.165, 1.54) is 25.7 Å². The van der Waals surface area contributed by atoms with Crippen LogP contribution in [0.2, 0.25) is 0 Å². The van der Waals surface area contributed by atoms with Gasteiger partial charge >= 0.3 is 5.97 Å². The van der Waals surface area contributed by atoms with E-state index in [-0.39, 0.29) is 0 Å². The topological polar surface area (TPSA) is 80.9 Å². The maximum Gasteiger partial charge on any atom is 0.310 e. The lowest BCUT2D eigenvalue weighted by atomic mass is 9.94. The van der Waals surface area contributed by atoms with Crippen molar-refractivity contribution in [3.05, 3.63) is 5.82 Å². The number of carbonyl (C=O) groups is 1. The molecule has 0 spiro atoms. The van der Waals surface area contributed by atoms with Crippen LogP contribution in [-0.4, -0.2) is 31.3 Å². The molecule has 0 unspecified atom stereocenters. The highest BCUT2D eigenvalue weighted by Gasteiger charge is 2.29. The van der Waals surface area contributed by atoms with Crippen LogP contribution >= 0.6 is 0 Å². The Morgan fingerprint density at radius 2 is 2.11 bits per heavy atom. The quantitative estimate of drug-likeness (QED) is 0.850. The lowest BCUT2D eigenvalue weighted by Gasteiger charge is -2.19. The number of aliphatic carboxylic acids is 1. The second-order valence-corrected chi connectivity index (χ2v) is 6.13. The van der Waals surface area contributed by atoms with Crippen LogP contribution in [0.15, 0.2) is 0 Å². The standard InChI is InChI=1S/C13H22N4O2/c1-13(2,12(18)19)9-17-11(14-15-16-17)8-7-10-5-3-4-6-10/h10H,3-9H2,1-2H3,(H,18,19). The van der Waals surface area contributed by atoms with Gasteiger partial charge in [0, 0.05) is 6.42 Å². The van der Waals surface area contributed by atoms with Gasteiger partial charge in [0.2, 0.25) is 0 Å². The van der Waals surface area contributed by atoms with E-state index in [9.17, 15) is 4.79 Å².